The maximum absolute atomic E-state index is 13.3. The summed E-state index contributed by atoms with van der Waals surface area (Å²) in [6, 6.07) is 3.24. The van der Waals surface area contributed by atoms with E-state index in [-0.39, 0.29) is 30.2 Å². The van der Waals surface area contributed by atoms with E-state index in [9.17, 15) is 17.2 Å². The summed E-state index contributed by atoms with van der Waals surface area (Å²) in [6.07, 6.45) is 1.07. The van der Waals surface area contributed by atoms with Crippen molar-refractivity contribution in [2.24, 2.45) is 0 Å². The van der Waals surface area contributed by atoms with E-state index in [0.717, 1.165) is 18.2 Å². The fraction of sp³-hybridized carbons (Fsp3) is 0.500. The summed E-state index contributed by atoms with van der Waals surface area (Å²) in [6.45, 7) is 0.195. The molecule has 108 valence electrons. The van der Waals surface area contributed by atoms with Crippen LogP contribution in [0.1, 0.15) is 18.4 Å². The average molecular weight is 312 g/mol. The highest BCUT2D eigenvalue weighted by Gasteiger charge is 2.09. The van der Waals surface area contributed by atoms with E-state index < -0.39 is 21.7 Å². The second kappa shape index (κ2) is 7.77. The third kappa shape index (κ3) is 6.31. The van der Waals surface area contributed by atoms with Crippen molar-refractivity contribution >= 4 is 21.6 Å². The molecule has 0 aromatic heterocycles. The molecule has 0 heterocycles. The number of aryl methyl sites for hydroxylation is 1. The van der Waals surface area contributed by atoms with E-state index in [4.69, 9.17) is 11.6 Å². The van der Waals surface area contributed by atoms with E-state index in [1.54, 1.807) is 0 Å². The van der Waals surface area contributed by atoms with Crippen molar-refractivity contribution in [3.05, 3.63) is 35.4 Å². The summed E-state index contributed by atoms with van der Waals surface area (Å²) in [4.78, 5) is 0. The van der Waals surface area contributed by atoms with Crippen LogP contribution in [0.15, 0.2) is 18.2 Å². The van der Waals surface area contributed by atoms with E-state index >= 15 is 0 Å². The van der Waals surface area contributed by atoms with E-state index in [1.807, 2.05) is 0 Å². The molecule has 0 bridgehead atoms. The first kappa shape index (κ1) is 16.3. The summed E-state index contributed by atoms with van der Waals surface area (Å²) < 4.78 is 51.4. The van der Waals surface area contributed by atoms with Crippen LogP contribution in [0.5, 0.6) is 0 Å². The zero-order valence-corrected chi connectivity index (χ0v) is 11.9. The van der Waals surface area contributed by atoms with Crippen LogP contribution in [0.25, 0.3) is 0 Å². The molecule has 1 N–H and O–H groups in total. The van der Waals surface area contributed by atoms with Gasteiger partial charge in [0.2, 0.25) is 10.0 Å². The largest absolute Gasteiger partial charge is 0.215 e. The molecular weight excluding hydrogens is 296 g/mol. The lowest BCUT2D eigenvalue weighted by molar-refractivity contribution is 0.570. The Morgan fingerprint density at radius 2 is 1.95 bits per heavy atom. The Kier molecular flexibility index (Phi) is 6.68. The third-order valence-corrected chi connectivity index (χ3v) is 4.24. The monoisotopic (exact) mass is 311 g/mol. The van der Waals surface area contributed by atoms with Gasteiger partial charge in [-0.15, -0.1) is 11.6 Å². The van der Waals surface area contributed by atoms with Crippen LogP contribution < -0.4 is 4.72 Å². The predicted octanol–water partition coefficient (Wildman–Crippen LogP) is 2.45. The van der Waals surface area contributed by atoms with Crippen molar-refractivity contribution in [1.82, 2.24) is 4.72 Å². The fourth-order valence-corrected chi connectivity index (χ4v) is 2.97. The number of alkyl halides is 1. The summed E-state index contributed by atoms with van der Waals surface area (Å²) in [5.74, 6) is -0.717. The average Bonchev–Trinajstić information content (AvgIpc) is 2.36. The van der Waals surface area contributed by atoms with Gasteiger partial charge in [0.25, 0.3) is 0 Å². The number of halogens is 3. The summed E-state index contributed by atoms with van der Waals surface area (Å²) >= 11 is 5.41. The van der Waals surface area contributed by atoms with Crippen molar-refractivity contribution in [3.63, 3.8) is 0 Å². The first-order valence-corrected chi connectivity index (χ1v) is 8.10. The second-order valence-electron chi connectivity index (χ2n) is 4.10. The van der Waals surface area contributed by atoms with E-state index in [0.29, 0.717) is 12.8 Å². The number of nitrogens with one attached hydrogen (secondary N) is 1. The van der Waals surface area contributed by atoms with Gasteiger partial charge >= 0.3 is 0 Å². The van der Waals surface area contributed by atoms with Gasteiger partial charge in [-0.1, -0.05) is 0 Å². The molecule has 0 aliphatic rings. The molecule has 0 aliphatic carbocycles. The van der Waals surface area contributed by atoms with Gasteiger partial charge in [0, 0.05) is 12.4 Å². The summed E-state index contributed by atoms with van der Waals surface area (Å²) in [7, 11) is -3.32. The van der Waals surface area contributed by atoms with Gasteiger partial charge in [0.15, 0.2) is 0 Å². The lowest BCUT2D eigenvalue weighted by atomic mass is 10.1. The highest BCUT2D eigenvalue weighted by atomic mass is 35.5. The zero-order chi connectivity index (χ0) is 14.3. The van der Waals surface area contributed by atoms with Crippen LogP contribution in [0, 0.1) is 11.6 Å². The van der Waals surface area contributed by atoms with Gasteiger partial charge in [-0.25, -0.2) is 21.9 Å². The Morgan fingerprint density at radius 1 is 1.21 bits per heavy atom. The van der Waals surface area contributed by atoms with E-state index in [1.165, 1.54) is 0 Å². The number of rotatable bonds is 8. The van der Waals surface area contributed by atoms with Crippen LogP contribution in [-0.2, 0) is 16.4 Å². The number of hydrogen-bond acceptors (Lipinski definition) is 2. The molecule has 7 heteroatoms. The van der Waals surface area contributed by atoms with Gasteiger partial charge in [-0.05, 0) is 43.0 Å². The molecule has 0 saturated carbocycles. The minimum absolute atomic E-state index is 0.0230. The fourth-order valence-electron chi connectivity index (χ4n) is 1.56. The molecule has 1 aromatic carbocycles. The van der Waals surface area contributed by atoms with Crippen LogP contribution in [0.2, 0.25) is 0 Å². The van der Waals surface area contributed by atoms with Crippen molar-refractivity contribution in [2.45, 2.75) is 19.3 Å². The molecule has 1 rings (SSSR count). The van der Waals surface area contributed by atoms with Gasteiger partial charge in [0.05, 0.1) is 5.75 Å². The Balaban J connectivity index is 2.37. The molecule has 0 radical (unpaired) electrons. The number of hydrogen-bond donors (Lipinski definition) is 1. The highest BCUT2D eigenvalue weighted by molar-refractivity contribution is 7.89. The lowest BCUT2D eigenvalue weighted by Crippen LogP contribution is -2.27. The van der Waals surface area contributed by atoms with Gasteiger partial charge in [-0.2, -0.15) is 0 Å². The molecule has 3 nitrogen and oxygen atoms in total. The molecule has 0 saturated heterocycles. The molecular formula is C12H16ClF2NO2S. The first-order chi connectivity index (χ1) is 8.94. The van der Waals surface area contributed by atoms with Gasteiger partial charge in [0.1, 0.15) is 11.6 Å². The second-order valence-corrected chi connectivity index (χ2v) is 6.40. The standard InChI is InChI=1S/C12H16ClF2NO2S/c13-6-2-8-19(17,18)16-7-1-3-10-9-11(14)4-5-12(10)15/h4-5,9,16H,1-3,6-8H2. The molecule has 0 atom stereocenters. The van der Waals surface area contributed by atoms with Crippen LogP contribution >= 0.6 is 11.6 Å². The number of sulfonamides is 1. The molecule has 19 heavy (non-hydrogen) atoms. The highest BCUT2D eigenvalue weighted by Crippen LogP contribution is 2.11. The Morgan fingerprint density at radius 3 is 2.63 bits per heavy atom. The predicted molar refractivity (Wildman–Crippen MR) is 71.8 cm³/mol. The first-order valence-electron chi connectivity index (χ1n) is 5.92. The maximum atomic E-state index is 13.3. The molecule has 0 spiro atoms. The minimum Gasteiger partial charge on any atom is -0.215 e. The van der Waals surface area contributed by atoms with Crippen LogP contribution in [0.4, 0.5) is 8.78 Å². The lowest BCUT2D eigenvalue weighted by Gasteiger charge is -2.06. The molecule has 0 fully saturated rings. The summed E-state index contributed by atoms with van der Waals surface area (Å²) in [5, 5.41) is 0. The third-order valence-electron chi connectivity index (χ3n) is 2.50. The van der Waals surface area contributed by atoms with Gasteiger partial charge in [-0.3, -0.25) is 0 Å². The summed E-state index contributed by atoms with van der Waals surface area (Å²) in [5.41, 5.74) is 0.250. The molecule has 0 amide bonds. The van der Waals surface area contributed by atoms with Crippen LogP contribution in [0.3, 0.4) is 0 Å². The molecule has 1 aromatic rings. The van der Waals surface area contributed by atoms with Gasteiger partial charge < -0.3 is 0 Å². The van der Waals surface area contributed by atoms with Crippen molar-refractivity contribution in [1.29, 1.82) is 0 Å². The zero-order valence-electron chi connectivity index (χ0n) is 10.3. The number of benzene rings is 1. The topological polar surface area (TPSA) is 46.2 Å². The van der Waals surface area contributed by atoms with Crippen molar-refractivity contribution in [3.8, 4) is 0 Å². The SMILES string of the molecule is O=S(=O)(CCCCl)NCCCc1cc(F)ccc1F. The van der Waals surface area contributed by atoms with Crippen molar-refractivity contribution < 1.29 is 17.2 Å². The maximum Gasteiger partial charge on any atom is 0.211 e. The molecule has 0 unspecified atom stereocenters. The minimum atomic E-state index is -3.32. The smallest absolute Gasteiger partial charge is 0.211 e. The Labute approximate surface area is 117 Å². The Bertz CT molecular complexity index is 508. The van der Waals surface area contributed by atoms with Crippen molar-refractivity contribution in [2.75, 3.05) is 18.2 Å². The molecule has 0 aliphatic heterocycles. The van der Waals surface area contributed by atoms with E-state index in [2.05, 4.69) is 4.72 Å². The van der Waals surface area contributed by atoms with Crippen LogP contribution in [-0.4, -0.2) is 26.6 Å². The quantitative estimate of drug-likeness (QED) is 0.592. The Hall–Kier alpha value is -0.720. The normalized spacial score (nSPS) is 11.7.